The van der Waals surface area contributed by atoms with Crippen molar-refractivity contribution in [3.05, 3.63) is 71.5 Å². The van der Waals surface area contributed by atoms with Gasteiger partial charge in [-0.3, -0.25) is 29.6 Å². The van der Waals surface area contributed by atoms with Gasteiger partial charge >= 0.3 is 0 Å². The summed E-state index contributed by atoms with van der Waals surface area (Å²) in [5.74, 6) is -1.11. The number of aliphatic hydroxyl groups is 1. The fourth-order valence-electron chi connectivity index (χ4n) is 4.16. The number of piperidine rings is 1. The van der Waals surface area contributed by atoms with E-state index in [1.165, 1.54) is 11.1 Å². The Balaban J connectivity index is 1.64. The molecule has 144 valence electrons. The van der Waals surface area contributed by atoms with Gasteiger partial charge in [-0.15, -0.1) is 0 Å². The molecule has 2 unspecified atom stereocenters. The number of aliphatic hydroxyl groups excluding tert-OH is 1. The maximum absolute atomic E-state index is 13.1. The summed E-state index contributed by atoms with van der Waals surface area (Å²) in [4.78, 5) is 42.9. The molecule has 2 atom stereocenters. The average molecular weight is 387 g/mol. The zero-order valence-corrected chi connectivity index (χ0v) is 15.3. The SMILES string of the molecule is O=C1CCC(N2C(=O)c3cccc4c(C(O)c5ccccc5)ncc2c34)C(=O)N1. The number of anilines is 1. The highest BCUT2D eigenvalue weighted by molar-refractivity contribution is 6.27. The van der Waals surface area contributed by atoms with Gasteiger partial charge < -0.3 is 5.11 Å². The van der Waals surface area contributed by atoms with Crippen molar-refractivity contribution in [2.75, 3.05) is 4.90 Å². The largest absolute Gasteiger partial charge is 0.382 e. The maximum Gasteiger partial charge on any atom is 0.259 e. The van der Waals surface area contributed by atoms with E-state index in [0.717, 1.165) is 0 Å². The van der Waals surface area contributed by atoms with E-state index in [1.54, 1.807) is 12.1 Å². The van der Waals surface area contributed by atoms with Gasteiger partial charge in [-0.1, -0.05) is 42.5 Å². The van der Waals surface area contributed by atoms with Gasteiger partial charge in [0.1, 0.15) is 12.1 Å². The van der Waals surface area contributed by atoms with Crippen molar-refractivity contribution < 1.29 is 19.5 Å². The lowest BCUT2D eigenvalue weighted by Gasteiger charge is -2.30. The minimum Gasteiger partial charge on any atom is -0.382 e. The molecule has 1 fully saturated rings. The molecule has 3 aromatic rings. The van der Waals surface area contributed by atoms with E-state index >= 15 is 0 Å². The van der Waals surface area contributed by atoms with Crippen molar-refractivity contribution in [3.8, 4) is 0 Å². The zero-order chi connectivity index (χ0) is 20.1. The van der Waals surface area contributed by atoms with Crippen molar-refractivity contribution in [2.45, 2.75) is 25.0 Å². The number of aromatic nitrogens is 1. The quantitative estimate of drug-likeness (QED) is 0.671. The van der Waals surface area contributed by atoms with Crippen molar-refractivity contribution in [1.29, 1.82) is 0 Å². The van der Waals surface area contributed by atoms with E-state index < -0.39 is 18.1 Å². The Labute approximate surface area is 166 Å². The summed E-state index contributed by atoms with van der Waals surface area (Å²) in [6, 6.07) is 13.7. The number of hydrogen-bond acceptors (Lipinski definition) is 5. The second-order valence-electron chi connectivity index (χ2n) is 7.21. The molecule has 2 aliphatic heterocycles. The van der Waals surface area contributed by atoms with Crippen LogP contribution in [-0.2, 0) is 9.59 Å². The molecular formula is C22H17N3O4. The van der Waals surface area contributed by atoms with E-state index in [2.05, 4.69) is 10.3 Å². The van der Waals surface area contributed by atoms with Crippen LogP contribution in [-0.4, -0.2) is 33.9 Å². The van der Waals surface area contributed by atoms with E-state index in [0.29, 0.717) is 33.3 Å². The molecule has 0 spiro atoms. The predicted octanol–water partition coefficient (Wildman–Crippen LogP) is 2.08. The van der Waals surface area contributed by atoms with Gasteiger partial charge in [0.05, 0.1) is 17.6 Å². The van der Waals surface area contributed by atoms with Crippen molar-refractivity contribution in [3.63, 3.8) is 0 Å². The highest BCUT2D eigenvalue weighted by atomic mass is 16.3. The molecule has 0 saturated carbocycles. The first-order chi connectivity index (χ1) is 14.1. The predicted molar refractivity (Wildman–Crippen MR) is 105 cm³/mol. The Morgan fingerprint density at radius 1 is 1.07 bits per heavy atom. The van der Waals surface area contributed by atoms with Crippen LogP contribution in [0.15, 0.2) is 54.7 Å². The van der Waals surface area contributed by atoms with Crippen LogP contribution in [0.1, 0.15) is 40.6 Å². The zero-order valence-electron chi connectivity index (χ0n) is 15.3. The summed E-state index contributed by atoms with van der Waals surface area (Å²) in [7, 11) is 0. The first kappa shape index (κ1) is 17.5. The van der Waals surface area contributed by atoms with E-state index in [4.69, 9.17) is 0 Å². The maximum atomic E-state index is 13.1. The number of hydrogen-bond donors (Lipinski definition) is 2. The number of carbonyl (C=O) groups is 3. The molecule has 0 radical (unpaired) electrons. The molecular weight excluding hydrogens is 370 g/mol. The normalized spacial score (nSPS) is 19.6. The van der Waals surface area contributed by atoms with Crippen LogP contribution >= 0.6 is 0 Å². The molecule has 7 nitrogen and oxygen atoms in total. The topological polar surface area (TPSA) is 99.6 Å². The van der Waals surface area contributed by atoms with E-state index in [9.17, 15) is 19.5 Å². The monoisotopic (exact) mass is 387 g/mol. The Kier molecular flexibility index (Phi) is 3.92. The summed E-state index contributed by atoms with van der Waals surface area (Å²) in [6.07, 6.45) is 1.03. The molecule has 0 bridgehead atoms. The van der Waals surface area contributed by atoms with Crippen molar-refractivity contribution in [1.82, 2.24) is 10.3 Å². The number of rotatable bonds is 3. The molecule has 3 amide bonds. The number of nitrogens with one attached hydrogen (secondary N) is 1. The van der Waals surface area contributed by atoms with Gasteiger partial charge in [-0.2, -0.15) is 0 Å². The first-order valence-electron chi connectivity index (χ1n) is 9.38. The third-order valence-corrected chi connectivity index (χ3v) is 5.53. The number of amides is 3. The van der Waals surface area contributed by atoms with Crippen molar-refractivity contribution >= 4 is 34.2 Å². The van der Waals surface area contributed by atoms with Gasteiger partial charge in [0.25, 0.3) is 5.91 Å². The van der Waals surface area contributed by atoms with Crippen LogP contribution in [0.5, 0.6) is 0 Å². The highest BCUT2D eigenvalue weighted by Gasteiger charge is 2.41. The molecule has 0 aliphatic carbocycles. The molecule has 2 N–H and O–H groups in total. The minimum absolute atomic E-state index is 0.178. The van der Waals surface area contributed by atoms with Crippen LogP contribution in [0.25, 0.3) is 10.8 Å². The highest BCUT2D eigenvalue weighted by Crippen LogP contribution is 2.41. The molecule has 2 aliphatic rings. The van der Waals surface area contributed by atoms with Gasteiger partial charge in [-0.25, -0.2) is 0 Å². The molecule has 1 saturated heterocycles. The Morgan fingerprint density at radius 2 is 1.86 bits per heavy atom. The Hall–Kier alpha value is -3.58. The first-order valence-corrected chi connectivity index (χ1v) is 9.38. The third-order valence-electron chi connectivity index (χ3n) is 5.53. The number of imide groups is 1. The second-order valence-corrected chi connectivity index (χ2v) is 7.21. The lowest BCUT2D eigenvalue weighted by Crippen LogP contribution is -2.53. The smallest absolute Gasteiger partial charge is 0.259 e. The summed E-state index contributed by atoms with van der Waals surface area (Å²) in [5, 5.41) is 14.5. The number of pyridine rings is 1. The van der Waals surface area contributed by atoms with Gasteiger partial charge in [0.2, 0.25) is 11.8 Å². The fourth-order valence-corrected chi connectivity index (χ4v) is 4.16. The lowest BCUT2D eigenvalue weighted by atomic mass is 9.99. The summed E-state index contributed by atoms with van der Waals surface area (Å²) < 4.78 is 0. The average Bonchev–Trinajstić information content (AvgIpc) is 3.02. The third kappa shape index (κ3) is 2.62. The van der Waals surface area contributed by atoms with Crippen LogP contribution in [0.3, 0.4) is 0 Å². The number of nitrogens with zero attached hydrogens (tertiary/aromatic N) is 2. The Morgan fingerprint density at radius 3 is 2.62 bits per heavy atom. The summed E-state index contributed by atoms with van der Waals surface area (Å²) in [5.41, 5.74) is 2.15. The standard InChI is InChI=1S/C22H17N3O4/c26-17-10-9-15(21(28)24-17)25-16-11-23-19(20(27)12-5-2-1-3-6-12)13-7-4-8-14(18(13)16)22(25)29/h1-8,11,15,20,27H,9-10H2,(H,24,26,28). The van der Waals surface area contributed by atoms with Gasteiger partial charge in [0, 0.05) is 22.8 Å². The van der Waals surface area contributed by atoms with Gasteiger partial charge in [0.15, 0.2) is 0 Å². The van der Waals surface area contributed by atoms with Gasteiger partial charge in [-0.05, 0) is 18.1 Å². The minimum atomic E-state index is -0.944. The van der Waals surface area contributed by atoms with E-state index in [1.807, 2.05) is 36.4 Å². The Bertz CT molecular complexity index is 1180. The van der Waals surface area contributed by atoms with E-state index in [-0.39, 0.29) is 24.7 Å². The van der Waals surface area contributed by atoms with Crippen LogP contribution in [0, 0.1) is 0 Å². The molecule has 7 heteroatoms. The van der Waals surface area contributed by atoms with Crippen LogP contribution in [0.4, 0.5) is 5.69 Å². The molecule has 2 aromatic carbocycles. The van der Waals surface area contributed by atoms with Crippen molar-refractivity contribution in [2.24, 2.45) is 0 Å². The molecule has 29 heavy (non-hydrogen) atoms. The summed E-state index contributed by atoms with van der Waals surface area (Å²) >= 11 is 0. The number of benzene rings is 2. The van der Waals surface area contributed by atoms with Crippen LogP contribution in [0.2, 0.25) is 0 Å². The number of carbonyl (C=O) groups excluding carboxylic acids is 3. The second kappa shape index (κ2) is 6.49. The fraction of sp³-hybridized carbons (Fsp3) is 0.182. The molecule has 5 rings (SSSR count). The molecule has 1 aromatic heterocycles. The van der Waals surface area contributed by atoms with Crippen LogP contribution < -0.4 is 10.2 Å². The molecule has 3 heterocycles. The lowest BCUT2D eigenvalue weighted by molar-refractivity contribution is -0.134. The summed E-state index contributed by atoms with van der Waals surface area (Å²) in [6.45, 7) is 0.